The molecule has 1 heterocycles. The van der Waals surface area contributed by atoms with E-state index in [4.69, 9.17) is 11.6 Å². The molecule has 1 aliphatic heterocycles. The lowest BCUT2D eigenvalue weighted by molar-refractivity contribution is -0.121. The van der Waals surface area contributed by atoms with Crippen LogP contribution < -0.4 is 0 Å². The minimum atomic E-state index is -0.430. The third-order valence-electron chi connectivity index (χ3n) is 2.97. The van der Waals surface area contributed by atoms with Crippen LogP contribution in [-0.4, -0.2) is 29.0 Å². The van der Waals surface area contributed by atoms with Crippen molar-refractivity contribution in [2.45, 2.75) is 19.4 Å². The maximum Gasteiger partial charge on any atom is 0.252 e. The van der Waals surface area contributed by atoms with Crippen LogP contribution in [0, 0.1) is 0 Å². The van der Waals surface area contributed by atoms with Gasteiger partial charge in [0.2, 0.25) is 0 Å². The van der Waals surface area contributed by atoms with Gasteiger partial charge in [-0.25, -0.2) is 0 Å². The molecule has 0 aliphatic carbocycles. The van der Waals surface area contributed by atoms with Crippen LogP contribution in [0.5, 0.6) is 0 Å². The molecule has 1 aromatic carbocycles. The summed E-state index contributed by atoms with van der Waals surface area (Å²) < 4.78 is 0. The molecule has 0 atom stereocenters. The number of hydrogen-bond acceptors (Lipinski definition) is 3. The van der Waals surface area contributed by atoms with E-state index in [1.165, 1.54) is 0 Å². The third-order valence-corrected chi connectivity index (χ3v) is 3.19. The van der Waals surface area contributed by atoms with Gasteiger partial charge in [-0.2, -0.15) is 0 Å². The highest BCUT2D eigenvalue weighted by atomic mass is 35.5. The quantitative estimate of drug-likeness (QED) is 0.773. The molecule has 1 aromatic rings. The zero-order valence-corrected chi connectivity index (χ0v) is 10.2. The monoisotopic (exact) mass is 251 g/mol. The molecule has 0 bridgehead atoms. The highest BCUT2D eigenvalue weighted by Gasteiger charge is 2.16. The van der Waals surface area contributed by atoms with Crippen molar-refractivity contribution in [1.82, 2.24) is 4.90 Å². The van der Waals surface area contributed by atoms with Crippen molar-refractivity contribution in [2.24, 2.45) is 0 Å². The van der Waals surface area contributed by atoms with Crippen LogP contribution in [0.15, 0.2) is 24.3 Å². The number of carbonyl (C=O) groups excluding carboxylic acids is 2. The molecular weight excluding hydrogens is 238 g/mol. The second-order valence-electron chi connectivity index (χ2n) is 4.29. The fourth-order valence-corrected chi connectivity index (χ4v) is 2.13. The van der Waals surface area contributed by atoms with E-state index in [2.05, 4.69) is 4.90 Å². The molecular formula is C13H14ClNO2. The standard InChI is InChI=1S/C13H14ClNO2/c14-13(17)11-3-1-2-10(8-11)9-15-6-4-12(16)5-7-15/h1-3,8H,4-7,9H2. The highest BCUT2D eigenvalue weighted by Crippen LogP contribution is 2.13. The molecule has 4 heteroatoms. The van der Waals surface area contributed by atoms with Gasteiger partial charge in [0.05, 0.1) is 0 Å². The van der Waals surface area contributed by atoms with Gasteiger partial charge < -0.3 is 0 Å². The molecule has 0 aromatic heterocycles. The second kappa shape index (κ2) is 5.43. The Morgan fingerprint density at radius 2 is 2.00 bits per heavy atom. The average Bonchev–Trinajstić information content (AvgIpc) is 2.32. The smallest absolute Gasteiger partial charge is 0.252 e. The van der Waals surface area contributed by atoms with Crippen LogP contribution in [0.25, 0.3) is 0 Å². The summed E-state index contributed by atoms with van der Waals surface area (Å²) in [5.41, 5.74) is 1.59. The average molecular weight is 252 g/mol. The lowest BCUT2D eigenvalue weighted by Gasteiger charge is -2.25. The summed E-state index contributed by atoms with van der Waals surface area (Å²) in [6, 6.07) is 7.32. The van der Waals surface area contributed by atoms with Crippen LogP contribution in [0.3, 0.4) is 0 Å². The van der Waals surface area contributed by atoms with Crippen molar-refractivity contribution in [3.8, 4) is 0 Å². The zero-order chi connectivity index (χ0) is 12.3. The van der Waals surface area contributed by atoms with Crippen LogP contribution in [0.1, 0.15) is 28.8 Å². The number of nitrogens with zero attached hydrogens (tertiary/aromatic N) is 1. The Kier molecular flexibility index (Phi) is 3.92. The SMILES string of the molecule is O=C1CCN(Cc2cccc(C(=O)Cl)c2)CC1. The van der Waals surface area contributed by atoms with E-state index in [1.54, 1.807) is 6.07 Å². The summed E-state index contributed by atoms with van der Waals surface area (Å²) in [5, 5.41) is -0.430. The molecule has 17 heavy (non-hydrogen) atoms. The van der Waals surface area contributed by atoms with Crippen molar-refractivity contribution in [3.05, 3.63) is 35.4 Å². The summed E-state index contributed by atoms with van der Waals surface area (Å²) in [7, 11) is 0. The van der Waals surface area contributed by atoms with Gasteiger partial charge in [-0.15, -0.1) is 0 Å². The van der Waals surface area contributed by atoms with Crippen molar-refractivity contribution >= 4 is 22.6 Å². The van der Waals surface area contributed by atoms with Crippen molar-refractivity contribution in [1.29, 1.82) is 0 Å². The van der Waals surface area contributed by atoms with Crippen LogP contribution >= 0.6 is 11.6 Å². The molecule has 0 spiro atoms. The predicted octanol–water partition coefficient (Wildman–Crippen LogP) is 2.23. The first-order valence-corrected chi connectivity index (χ1v) is 6.06. The van der Waals surface area contributed by atoms with Gasteiger partial charge in [0.1, 0.15) is 5.78 Å². The fraction of sp³-hybridized carbons (Fsp3) is 0.385. The molecule has 0 amide bonds. The van der Waals surface area contributed by atoms with E-state index >= 15 is 0 Å². The molecule has 0 radical (unpaired) electrons. The first-order valence-electron chi connectivity index (χ1n) is 5.68. The van der Waals surface area contributed by atoms with Crippen molar-refractivity contribution in [2.75, 3.05) is 13.1 Å². The highest BCUT2D eigenvalue weighted by molar-refractivity contribution is 6.67. The van der Waals surface area contributed by atoms with Crippen LogP contribution in [-0.2, 0) is 11.3 Å². The van der Waals surface area contributed by atoms with E-state index in [1.807, 2.05) is 18.2 Å². The zero-order valence-electron chi connectivity index (χ0n) is 9.49. The molecule has 3 nitrogen and oxygen atoms in total. The molecule has 2 rings (SSSR count). The number of carbonyl (C=O) groups is 2. The molecule has 1 aliphatic rings. The van der Waals surface area contributed by atoms with Gasteiger partial charge in [0.15, 0.2) is 0 Å². The third kappa shape index (κ3) is 3.38. The Balaban J connectivity index is 2.01. The fourth-order valence-electron chi connectivity index (χ4n) is 2.01. The normalized spacial score (nSPS) is 17.1. The molecule has 0 N–H and O–H groups in total. The Labute approximate surface area is 105 Å². The van der Waals surface area contributed by atoms with E-state index in [9.17, 15) is 9.59 Å². The topological polar surface area (TPSA) is 37.4 Å². The molecule has 90 valence electrons. The Hall–Kier alpha value is -1.19. The van der Waals surface area contributed by atoms with E-state index < -0.39 is 5.24 Å². The van der Waals surface area contributed by atoms with Crippen molar-refractivity contribution < 1.29 is 9.59 Å². The van der Waals surface area contributed by atoms with Crippen molar-refractivity contribution in [3.63, 3.8) is 0 Å². The Morgan fingerprint density at radius 3 is 2.65 bits per heavy atom. The number of rotatable bonds is 3. The molecule has 0 unspecified atom stereocenters. The minimum Gasteiger partial charge on any atom is -0.300 e. The summed E-state index contributed by atoms with van der Waals surface area (Å²) in [5.74, 6) is 0.339. The Bertz CT molecular complexity index is 435. The van der Waals surface area contributed by atoms with Gasteiger partial charge >= 0.3 is 0 Å². The number of likely N-dealkylation sites (tertiary alicyclic amines) is 1. The number of benzene rings is 1. The maximum absolute atomic E-state index is 11.1. The second-order valence-corrected chi connectivity index (χ2v) is 4.63. The van der Waals surface area contributed by atoms with Gasteiger partial charge in [0.25, 0.3) is 5.24 Å². The maximum atomic E-state index is 11.1. The lowest BCUT2D eigenvalue weighted by atomic mass is 10.1. The minimum absolute atomic E-state index is 0.339. The number of piperidine rings is 1. The number of ketones is 1. The number of halogens is 1. The Morgan fingerprint density at radius 1 is 1.29 bits per heavy atom. The number of hydrogen-bond donors (Lipinski definition) is 0. The summed E-state index contributed by atoms with van der Waals surface area (Å²) in [6.45, 7) is 2.38. The molecule has 1 saturated heterocycles. The summed E-state index contributed by atoms with van der Waals surface area (Å²) >= 11 is 5.44. The molecule has 1 fully saturated rings. The van der Waals surface area contributed by atoms with E-state index in [-0.39, 0.29) is 0 Å². The summed E-state index contributed by atoms with van der Waals surface area (Å²) in [6.07, 6.45) is 1.27. The largest absolute Gasteiger partial charge is 0.300 e. The van der Waals surface area contributed by atoms with Crippen LogP contribution in [0.2, 0.25) is 0 Å². The van der Waals surface area contributed by atoms with Gasteiger partial charge in [-0.1, -0.05) is 18.2 Å². The number of Topliss-reactive ketones (excluding diaryl/α,β-unsaturated/α-hetero) is 1. The molecule has 0 saturated carbocycles. The van der Waals surface area contributed by atoms with Gasteiger partial charge in [-0.3, -0.25) is 14.5 Å². The van der Waals surface area contributed by atoms with E-state index in [0.717, 1.165) is 25.2 Å². The van der Waals surface area contributed by atoms with E-state index in [0.29, 0.717) is 24.2 Å². The predicted molar refractivity (Wildman–Crippen MR) is 66.1 cm³/mol. The first kappa shape index (κ1) is 12.3. The summed E-state index contributed by atoms with van der Waals surface area (Å²) in [4.78, 5) is 24.4. The lowest BCUT2D eigenvalue weighted by Crippen LogP contribution is -2.33. The van der Waals surface area contributed by atoms with Gasteiger partial charge in [0, 0.05) is 38.0 Å². The van der Waals surface area contributed by atoms with Crippen LogP contribution in [0.4, 0.5) is 0 Å². The van der Waals surface area contributed by atoms with Gasteiger partial charge in [-0.05, 0) is 23.2 Å². The first-order chi connectivity index (χ1) is 8.15.